The fraction of sp³-hybridized carbons (Fsp3) is 0.684. The second-order valence-corrected chi connectivity index (χ2v) is 7.25. The first-order chi connectivity index (χ1) is 9.65. The first-order valence-corrected chi connectivity index (χ1v) is 8.46. The smallest absolute Gasteiger partial charge is 0.0136 e. The quantitative estimate of drug-likeness (QED) is 0.815. The van der Waals surface area contributed by atoms with Gasteiger partial charge in [0.2, 0.25) is 0 Å². The fourth-order valence-corrected chi connectivity index (χ4v) is 4.27. The van der Waals surface area contributed by atoms with Crippen LogP contribution >= 0.6 is 0 Å². The van der Waals surface area contributed by atoms with Crippen molar-refractivity contribution >= 4 is 0 Å². The first kappa shape index (κ1) is 14.1. The van der Waals surface area contributed by atoms with Crippen molar-refractivity contribution in [3.8, 4) is 0 Å². The predicted octanol–water partition coefficient (Wildman–Crippen LogP) is 4.26. The lowest BCUT2D eigenvalue weighted by Crippen LogP contribution is -2.38. The third-order valence-corrected chi connectivity index (χ3v) is 5.24. The van der Waals surface area contributed by atoms with Gasteiger partial charge in [-0.05, 0) is 75.8 Å². The summed E-state index contributed by atoms with van der Waals surface area (Å²) in [6.45, 7) is 7.87. The Morgan fingerprint density at radius 1 is 1.05 bits per heavy atom. The van der Waals surface area contributed by atoms with E-state index in [0.29, 0.717) is 6.04 Å². The molecule has 1 heteroatoms. The van der Waals surface area contributed by atoms with Gasteiger partial charge in [0.05, 0.1) is 0 Å². The van der Waals surface area contributed by atoms with Gasteiger partial charge in [-0.1, -0.05) is 36.2 Å². The number of hydrogen-bond donors (Lipinski definition) is 1. The maximum absolute atomic E-state index is 3.84. The van der Waals surface area contributed by atoms with E-state index < -0.39 is 0 Å². The van der Waals surface area contributed by atoms with Gasteiger partial charge >= 0.3 is 0 Å². The molecule has 1 aromatic carbocycles. The molecule has 0 aliphatic heterocycles. The van der Waals surface area contributed by atoms with E-state index in [0.717, 1.165) is 17.8 Å². The Labute approximate surface area is 124 Å². The highest BCUT2D eigenvalue weighted by Gasteiger charge is 2.47. The molecule has 1 aromatic rings. The third kappa shape index (κ3) is 3.25. The summed E-state index contributed by atoms with van der Waals surface area (Å²) in [5.41, 5.74) is 4.34. The lowest BCUT2D eigenvalue weighted by atomic mass is 9.89. The van der Waals surface area contributed by atoms with Crippen LogP contribution in [0.2, 0.25) is 0 Å². The second-order valence-electron chi connectivity index (χ2n) is 7.25. The van der Waals surface area contributed by atoms with Gasteiger partial charge in [-0.3, -0.25) is 0 Å². The molecule has 110 valence electrons. The zero-order valence-electron chi connectivity index (χ0n) is 13.3. The number of aryl methyl sites for hydroxylation is 2. The van der Waals surface area contributed by atoms with Crippen LogP contribution in [0.15, 0.2) is 18.2 Å². The highest BCUT2D eigenvalue weighted by molar-refractivity contribution is 5.29. The largest absolute Gasteiger partial charge is 0.313 e. The average molecular weight is 271 g/mol. The van der Waals surface area contributed by atoms with Crippen LogP contribution in [0.1, 0.15) is 49.3 Å². The highest BCUT2D eigenvalue weighted by Crippen LogP contribution is 2.55. The van der Waals surface area contributed by atoms with Crippen LogP contribution in [0, 0.1) is 31.6 Å². The van der Waals surface area contributed by atoms with Crippen LogP contribution < -0.4 is 5.32 Å². The molecule has 0 saturated heterocycles. The summed E-state index contributed by atoms with van der Waals surface area (Å²) in [5.74, 6) is 3.10. The van der Waals surface area contributed by atoms with E-state index in [-0.39, 0.29) is 0 Å². The lowest BCUT2D eigenvalue weighted by Gasteiger charge is -2.26. The molecule has 0 bridgehead atoms. The number of rotatable bonds is 6. The molecule has 2 fully saturated rings. The Morgan fingerprint density at radius 3 is 2.30 bits per heavy atom. The maximum Gasteiger partial charge on any atom is 0.0136 e. The average Bonchev–Trinajstić information content (AvgIpc) is 3.00. The summed E-state index contributed by atoms with van der Waals surface area (Å²) in [6, 6.07) is 7.74. The number of hydrogen-bond acceptors (Lipinski definition) is 1. The van der Waals surface area contributed by atoms with Crippen LogP contribution in [0.25, 0.3) is 0 Å². The summed E-state index contributed by atoms with van der Waals surface area (Å²) >= 11 is 0. The summed E-state index contributed by atoms with van der Waals surface area (Å²) in [7, 11) is 0. The Balaban J connectivity index is 1.68. The minimum absolute atomic E-state index is 0.698. The van der Waals surface area contributed by atoms with Gasteiger partial charge in [0, 0.05) is 6.04 Å². The van der Waals surface area contributed by atoms with Crippen molar-refractivity contribution in [2.24, 2.45) is 17.8 Å². The van der Waals surface area contributed by atoms with Crippen LogP contribution in [-0.4, -0.2) is 12.6 Å². The predicted molar refractivity (Wildman–Crippen MR) is 86.0 cm³/mol. The summed E-state index contributed by atoms with van der Waals surface area (Å²) in [6.07, 6.45) is 6.95. The van der Waals surface area contributed by atoms with Crippen molar-refractivity contribution in [1.29, 1.82) is 0 Å². The zero-order chi connectivity index (χ0) is 14.1. The van der Waals surface area contributed by atoms with Crippen molar-refractivity contribution in [3.63, 3.8) is 0 Å². The molecule has 20 heavy (non-hydrogen) atoms. The SMILES string of the molecule is CCCNC(Cc1cc(C)cc(C)c1)C1CC2CC2C1. The molecule has 2 aliphatic rings. The van der Waals surface area contributed by atoms with Gasteiger partial charge in [-0.25, -0.2) is 0 Å². The number of nitrogens with one attached hydrogen (secondary N) is 1. The fourth-order valence-electron chi connectivity index (χ4n) is 4.27. The molecule has 3 rings (SSSR count). The van der Waals surface area contributed by atoms with Gasteiger partial charge in [-0.2, -0.15) is 0 Å². The van der Waals surface area contributed by atoms with Crippen LogP contribution in [-0.2, 0) is 6.42 Å². The summed E-state index contributed by atoms with van der Waals surface area (Å²) in [5, 5.41) is 3.84. The van der Waals surface area contributed by atoms with Gasteiger partial charge in [0.15, 0.2) is 0 Å². The van der Waals surface area contributed by atoms with Gasteiger partial charge in [-0.15, -0.1) is 0 Å². The molecule has 3 atom stereocenters. The Bertz CT molecular complexity index is 435. The van der Waals surface area contributed by atoms with Crippen LogP contribution in [0.3, 0.4) is 0 Å². The minimum atomic E-state index is 0.698. The van der Waals surface area contributed by atoms with Crippen molar-refractivity contribution in [2.75, 3.05) is 6.54 Å². The molecule has 0 aromatic heterocycles. The maximum atomic E-state index is 3.84. The first-order valence-electron chi connectivity index (χ1n) is 8.46. The van der Waals surface area contributed by atoms with Crippen molar-refractivity contribution < 1.29 is 0 Å². The molecule has 0 radical (unpaired) electrons. The van der Waals surface area contributed by atoms with E-state index in [9.17, 15) is 0 Å². The summed E-state index contributed by atoms with van der Waals surface area (Å²) < 4.78 is 0. The Morgan fingerprint density at radius 2 is 1.70 bits per heavy atom. The van der Waals surface area contributed by atoms with Gasteiger partial charge in [0.25, 0.3) is 0 Å². The van der Waals surface area contributed by atoms with Crippen LogP contribution in [0.4, 0.5) is 0 Å². The molecule has 0 spiro atoms. The Kier molecular flexibility index (Phi) is 4.16. The van der Waals surface area contributed by atoms with Crippen molar-refractivity contribution in [3.05, 3.63) is 34.9 Å². The molecule has 2 saturated carbocycles. The van der Waals surface area contributed by atoms with E-state index in [4.69, 9.17) is 0 Å². The molecule has 0 heterocycles. The second kappa shape index (κ2) is 5.89. The molecule has 1 N–H and O–H groups in total. The van der Waals surface area contributed by atoms with E-state index in [1.54, 1.807) is 0 Å². The lowest BCUT2D eigenvalue weighted by molar-refractivity contribution is 0.332. The molecular formula is C19H29N. The number of benzene rings is 1. The van der Waals surface area contributed by atoms with Gasteiger partial charge in [0.1, 0.15) is 0 Å². The zero-order valence-corrected chi connectivity index (χ0v) is 13.3. The summed E-state index contributed by atoms with van der Waals surface area (Å²) in [4.78, 5) is 0. The van der Waals surface area contributed by atoms with Crippen LogP contribution in [0.5, 0.6) is 0 Å². The minimum Gasteiger partial charge on any atom is -0.313 e. The standard InChI is InChI=1S/C19H29N/c1-4-5-20-19(18-11-16-10-17(16)12-18)9-15-7-13(2)6-14(3)8-15/h6-8,16-20H,4-5,9-12H2,1-3H3. The van der Waals surface area contributed by atoms with E-state index in [2.05, 4.69) is 44.3 Å². The molecule has 2 aliphatic carbocycles. The molecular weight excluding hydrogens is 242 g/mol. The van der Waals surface area contributed by atoms with E-state index in [1.807, 2.05) is 0 Å². The van der Waals surface area contributed by atoms with Crippen molar-refractivity contribution in [1.82, 2.24) is 5.32 Å². The normalized spacial score (nSPS) is 29.2. The third-order valence-electron chi connectivity index (χ3n) is 5.24. The topological polar surface area (TPSA) is 12.0 Å². The molecule has 0 amide bonds. The highest BCUT2D eigenvalue weighted by atomic mass is 14.9. The monoisotopic (exact) mass is 271 g/mol. The van der Waals surface area contributed by atoms with Gasteiger partial charge < -0.3 is 5.32 Å². The van der Waals surface area contributed by atoms with E-state index in [1.165, 1.54) is 55.3 Å². The van der Waals surface area contributed by atoms with E-state index >= 15 is 0 Å². The molecule has 3 unspecified atom stereocenters. The Hall–Kier alpha value is -0.820. The molecule has 1 nitrogen and oxygen atoms in total. The van der Waals surface area contributed by atoms with Crippen molar-refractivity contribution in [2.45, 2.75) is 58.9 Å². The number of fused-ring (bicyclic) bond motifs is 1.